The third-order valence-corrected chi connectivity index (χ3v) is 2.64. The molecule has 2 nitrogen and oxygen atoms in total. The first-order valence-electron chi connectivity index (χ1n) is 5.76. The SMILES string of the molecule is C=CCCCCCOc1ccc(Cl)cc1C=O. The van der Waals surface area contributed by atoms with E-state index in [1.54, 1.807) is 18.2 Å². The van der Waals surface area contributed by atoms with Gasteiger partial charge in [0, 0.05) is 5.02 Å². The molecule has 92 valence electrons. The van der Waals surface area contributed by atoms with Gasteiger partial charge in [0.25, 0.3) is 0 Å². The number of hydrogen-bond donors (Lipinski definition) is 0. The van der Waals surface area contributed by atoms with Crippen molar-refractivity contribution in [3.8, 4) is 5.75 Å². The Labute approximate surface area is 107 Å². The van der Waals surface area contributed by atoms with Crippen molar-refractivity contribution in [2.45, 2.75) is 25.7 Å². The van der Waals surface area contributed by atoms with Gasteiger partial charge in [-0.2, -0.15) is 0 Å². The normalized spacial score (nSPS) is 9.94. The summed E-state index contributed by atoms with van der Waals surface area (Å²) in [6, 6.07) is 5.07. The maximum atomic E-state index is 10.8. The fourth-order valence-electron chi connectivity index (χ4n) is 1.49. The van der Waals surface area contributed by atoms with Crippen molar-refractivity contribution in [2.75, 3.05) is 6.61 Å². The number of ether oxygens (including phenoxy) is 1. The van der Waals surface area contributed by atoms with Crippen LogP contribution in [0.25, 0.3) is 0 Å². The van der Waals surface area contributed by atoms with Gasteiger partial charge in [0.05, 0.1) is 12.2 Å². The maximum absolute atomic E-state index is 10.8. The lowest BCUT2D eigenvalue weighted by Crippen LogP contribution is -1.99. The van der Waals surface area contributed by atoms with Gasteiger partial charge in [-0.05, 0) is 43.9 Å². The molecule has 0 bridgehead atoms. The molecule has 0 fully saturated rings. The third-order valence-electron chi connectivity index (χ3n) is 2.41. The van der Waals surface area contributed by atoms with E-state index in [1.165, 1.54) is 0 Å². The van der Waals surface area contributed by atoms with Crippen molar-refractivity contribution in [2.24, 2.45) is 0 Å². The van der Waals surface area contributed by atoms with Gasteiger partial charge in [-0.3, -0.25) is 4.79 Å². The highest BCUT2D eigenvalue weighted by atomic mass is 35.5. The van der Waals surface area contributed by atoms with E-state index in [0.29, 0.717) is 22.9 Å². The van der Waals surface area contributed by atoms with Gasteiger partial charge in [-0.15, -0.1) is 6.58 Å². The van der Waals surface area contributed by atoms with E-state index in [0.717, 1.165) is 32.0 Å². The molecule has 0 saturated heterocycles. The minimum Gasteiger partial charge on any atom is -0.493 e. The average molecular weight is 253 g/mol. The molecule has 1 rings (SSSR count). The molecule has 0 heterocycles. The van der Waals surface area contributed by atoms with E-state index in [2.05, 4.69) is 6.58 Å². The summed E-state index contributed by atoms with van der Waals surface area (Å²) in [5.41, 5.74) is 0.503. The molecule has 1 aromatic carbocycles. The highest BCUT2D eigenvalue weighted by molar-refractivity contribution is 6.30. The standard InChI is InChI=1S/C14H17ClO2/c1-2-3-4-5-6-9-17-14-8-7-13(15)10-12(14)11-16/h2,7-8,10-11H,1,3-6,9H2. The van der Waals surface area contributed by atoms with Gasteiger partial charge in [-0.1, -0.05) is 17.7 Å². The Balaban J connectivity index is 2.36. The average Bonchev–Trinajstić information content (AvgIpc) is 2.35. The van der Waals surface area contributed by atoms with Gasteiger partial charge < -0.3 is 4.74 Å². The molecule has 0 aliphatic carbocycles. The van der Waals surface area contributed by atoms with E-state index < -0.39 is 0 Å². The fourth-order valence-corrected chi connectivity index (χ4v) is 1.67. The van der Waals surface area contributed by atoms with Crippen LogP contribution in [0.2, 0.25) is 5.02 Å². The van der Waals surface area contributed by atoms with Gasteiger partial charge in [0.2, 0.25) is 0 Å². The molecule has 1 aromatic rings. The van der Waals surface area contributed by atoms with Crippen LogP contribution in [0.15, 0.2) is 30.9 Å². The number of hydrogen-bond acceptors (Lipinski definition) is 2. The zero-order valence-electron chi connectivity index (χ0n) is 9.82. The van der Waals surface area contributed by atoms with Crippen LogP contribution in [0, 0.1) is 0 Å². The van der Waals surface area contributed by atoms with E-state index >= 15 is 0 Å². The molecule has 0 aromatic heterocycles. The molecule has 0 N–H and O–H groups in total. The molecule has 3 heteroatoms. The predicted octanol–water partition coefficient (Wildman–Crippen LogP) is 4.28. The Morgan fingerprint density at radius 1 is 1.29 bits per heavy atom. The molecule has 0 aliphatic heterocycles. The Hall–Kier alpha value is -1.28. The number of allylic oxidation sites excluding steroid dienone is 1. The fraction of sp³-hybridized carbons (Fsp3) is 0.357. The Bertz CT molecular complexity index is 374. The molecule has 0 saturated carbocycles. The van der Waals surface area contributed by atoms with Crippen LogP contribution in [-0.2, 0) is 0 Å². The minimum absolute atomic E-state index is 0.503. The van der Waals surface area contributed by atoms with Crippen molar-refractivity contribution in [1.82, 2.24) is 0 Å². The number of carbonyl (C=O) groups excluding carboxylic acids is 1. The number of rotatable bonds is 8. The first kappa shape index (κ1) is 13.8. The molecule has 0 atom stereocenters. The second kappa shape index (κ2) is 7.91. The summed E-state index contributed by atoms with van der Waals surface area (Å²) in [6.07, 6.45) is 6.95. The minimum atomic E-state index is 0.503. The van der Waals surface area contributed by atoms with Gasteiger partial charge in [0.1, 0.15) is 5.75 Å². The maximum Gasteiger partial charge on any atom is 0.153 e. The van der Waals surface area contributed by atoms with Crippen LogP contribution in [-0.4, -0.2) is 12.9 Å². The van der Waals surface area contributed by atoms with Crippen molar-refractivity contribution >= 4 is 17.9 Å². The summed E-state index contributed by atoms with van der Waals surface area (Å²) in [4.78, 5) is 10.8. The van der Waals surface area contributed by atoms with E-state index in [9.17, 15) is 4.79 Å². The lowest BCUT2D eigenvalue weighted by molar-refractivity contribution is 0.111. The Morgan fingerprint density at radius 2 is 2.12 bits per heavy atom. The van der Waals surface area contributed by atoms with Crippen molar-refractivity contribution in [1.29, 1.82) is 0 Å². The van der Waals surface area contributed by atoms with Gasteiger partial charge in [0.15, 0.2) is 6.29 Å². The van der Waals surface area contributed by atoms with Crippen LogP contribution in [0.4, 0.5) is 0 Å². The Kier molecular flexibility index (Phi) is 6.41. The third kappa shape index (κ3) is 5.05. The highest BCUT2D eigenvalue weighted by Crippen LogP contribution is 2.21. The topological polar surface area (TPSA) is 26.3 Å². The summed E-state index contributed by atoms with van der Waals surface area (Å²) in [7, 11) is 0. The summed E-state index contributed by atoms with van der Waals surface area (Å²) in [5.74, 6) is 0.605. The highest BCUT2D eigenvalue weighted by Gasteiger charge is 2.03. The summed E-state index contributed by atoms with van der Waals surface area (Å²) in [6.45, 7) is 4.30. The first-order valence-corrected chi connectivity index (χ1v) is 6.14. The van der Waals surface area contributed by atoms with E-state index in [-0.39, 0.29) is 0 Å². The predicted molar refractivity (Wildman–Crippen MR) is 71.0 cm³/mol. The number of aldehydes is 1. The molecule has 17 heavy (non-hydrogen) atoms. The van der Waals surface area contributed by atoms with Gasteiger partial charge in [-0.25, -0.2) is 0 Å². The zero-order valence-corrected chi connectivity index (χ0v) is 10.6. The van der Waals surface area contributed by atoms with Crippen LogP contribution in [0.5, 0.6) is 5.75 Å². The Morgan fingerprint density at radius 3 is 2.82 bits per heavy atom. The van der Waals surface area contributed by atoms with E-state index in [4.69, 9.17) is 16.3 Å². The zero-order chi connectivity index (χ0) is 12.5. The van der Waals surface area contributed by atoms with Crippen LogP contribution in [0.1, 0.15) is 36.0 Å². The second-order valence-electron chi connectivity index (χ2n) is 3.79. The van der Waals surface area contributed by atoms with Crippen molar-refractivity contribution in [3.63, 3.8) is 0 Å². The molecule has 0 amide bonds. The van der Waals surface area contributed by atoms with Crippen molar-refractivity contribution in [3.05, 3.63) is 41.4 Å². The monoisotopic (exact) mass is 252 g/mol. The number of halogens is 1. The molecular weight excluding hydrogens is 236 g/mol. The number of carbonyl (C=O) groups is 1. The first-order chi connectivity index (χ1) is 8.27. The van der Waals surface area contributed by atoms with Crippen LogP contribution < -0.4 is 4.74 Å². The molecule has 0 spiro atoms. The molecule has 0 unspecified atom stereocenters. The lowest BCUT2D eigenvalue weighted by atomic mass is 10.2. The number of unbranched alkanes of at least 4 members (excludes halogenated alkanes) is 3. The van der Waals surface area contributed by atoms with E-state index in [1.807, 2.05) is 6.08 Å². The summed E-state index contributed by atoms with van der Waals surface area (Å²) in [5, 5.41) is 0.547. The molecule has 0 radical (unpaired) electrons. The molecular formula is C14H17ClO2. The smallest absolute Gasteiger partial charge is 0.153 e. The second-order valence-corrected chi connectivity index (χ2v) is 4.22. The van der Waals surface area contributed by atoms with Crippen molar-refractivity contribution < 1.29 is 9.53 Å². The number of benzene rings is 1. The van der Waals surface area contributed by atoms with Crippen LogP contribution >= 0.6 is 11.6 Å². The largest absolute Gasteiger partial charge is 0.493 e. The lowest BCUT2D eigenvalue weighted by Gasteiger charge is -2.08. The quantitative estimate of drug-likeness (QED) is 0.392. The summed E-state index contributed by atoms with van der Waals surface area (Å²) >= 11 is 5.79. The van der Waals surface area contributed by atoms with Crippen LogP contribution in [0.3, 0.4) is 0 Å². The summed E-state index contributed by atoms with van der Waals surface area (Å²) < 4.78 is 5.55. The molecule has 0 aliphatic rings. The van der Waals surface area contributed by atoms with Gasteiger partial charge >= 0.3 is 0 Å².